The van der Waals surface area contributed by atoms with E-state index in [0.29, 0.717) is 22.7 Å². The first-order valence-electron chi connectivity index (χ1n) is 7.45. The lowest BCUT2D eigenvalue weighted by atomic mass is 10.2. The van der Waals surface area contributed by atoms with Crippen molar-refractivity contribution >= 4 is 11.6 Å². The Morgan fingerprint density at radius 1 is 1.04 bits per heavy atom. The van der Waals surface area contributed by atoms with Crippen molar-refractivity contribution in [2.75, 3.05) is 5.32 Å². The summed E-state index contributed by atoms with van der Waals surface area (Å²) in [5, 5.41) is 2.80. The third-order valence-electron chi connectivity index (χ3n) is 3.40. The number of anilines is 1. The van der Waals surface area contributed by atoms with Crippen molar-refractivity contribution in [2.24, 2.45) is 0 Å². The van der Waals surface area contributed by atoms with Gasteiger partial charge < -0.3 is 15.0 Å². The van der Waals surface area contributed by atoms with Crippen LogP contribution >= 0.6 is 0 Å². The number of pyridine rings is 1. The number of aryl methyl sites for hydroxylation is 1. The standard InChI is InChI=1S/C19H16N2O3/c1-13-5-4-6-15(11-13)24-17-8-3-2-7-16(17)21-19(23)14-9-10-18(22)20-12-14/h2-12H,1H3,(H,20,22)(H,21,23). The van der Waals surface area contributed by atoms with Gasteiger partial charge in [-0.05, 0) is 42.8 Å². The Morgan fingerprint density at radius 3 is 2.62 bits per heavy atom. The second kappa shape index (κ2) is 6.83. The number of para-hydroxylation sites is 2. The average Bonchev–Trinajstić information content (AvgIpc) is 2.57. The Kier molecular flexibility index (Phi) is 4.43. The molecule has 5 heteroatoms. The summed E-state index contributed by atoms with van der Waals surface area (Å²) in [6.45, 7) is 1.98. The minimum Gasteiger partial charge on any atom is -0.455 e. The molecule has 0 atom stereocenters. The fourth-order valence-corrected chi connectivity index (χ4v) is 2.21. The normalized spacial score (nSPS) is 10.2. The molecule has 0 saturated heterocycles. The number of hydrogen-bond donors (Lipinski definition) is 2. The molecule has 0 aliphatic rings. The number of amides is 1. The first-order chi connectivity index (χ1) is 11.6. The first kappa shape index (κ1) is 15.6. The van der Waals surface area contributed by atoms with Gasteiger partial charge in [-0.1, -0.05) is 24.3 Å². The fraction of sp³-hybridized carbons (Fsp3) is 0.0526. The monoisotopic (exact) mass is 320 g/mol. The van der Waals surface area contributed by atoms with Crippen LogP contribution in [0.25, 0.3) is 0 Å². The van der Waals surface area contributed by atoms with Gasteiger partial charge in [-0.3, -0.25) is 9.59 Å². The molecule has 24 heavy (non-hydrogen) atoms. The second-order valence-corrected chi connectivity index (χ2v) is 5.31. The van der Waals surface area contributed by atoms with Crippen molar-refractivity contribution in [3.63, 3.8) is 0 Å². The zero-order valence-corrected chi connectivity index (χ0v) is 13.1. The molecule has 0 fully saturated rings. The number of nitrogens with one attached hydrogen (secondary N) is 2. The molecular formula is C19H16N2O3. The number of carbonyl (C=O) groups excluding carboxylic acids is 1. The van der Waals surface area contributed by atoms with Crippen molar-refractivity contribution in [1.29, 1.82) is 0 Å². The van der Waals surface area contributed by atoms with Gasteiger partial charge in [-0.25, -0.2) is 0 Å². The van der Waals surface area contributed by atoms with E-state index in [1.54, 1.807) is 12.1 Å². The molecule has 3 aromatic rings. The van der Waals surface area contributed by atoms with Crippen LogP contribution in [0.4, 0.5) is 5.69 Å². The molecule has 1 aromatic heterocycles. The minimum atomic E-state index is -0.327. The highest BCUT2D eigenvalue weighted by Gasteiger charge is 2.10. The minimum absolute atomic E-state index is 0.255. The van der Waals surface area contributed by atoms with Gasteiger partial charge in [0.15, 0.2) is 5.75 Å². The summed E-state index contributed by atoms with van der Waals surface area (Å²) in [4.78, 5) is 25.9. The highest BCUT2D eigenvalue weighted by molar-refractivity contribution is 6.04. The fourth-order valence-electron chi connectivity index (χ4n) is 2.21. The summed E-state index contributed by atoms with van der Waals surface area (Å²) in [7, 11) is 0. The first-order valence-corrected chi connectivity index (χ1v) is 7.45. The van der Waals surface area contributed by atoms with Crippen molar-refractivity contribution in [3.05, 3.63) is 88.3 Å². The number of benzene rings is 2. The number of aromatic nitrogens is 1. The summed E-state index contributed by atoms with van der Waals surface area (Å²) < 4.78 is 5.87. The molecule has 1 amide bonds. The van der Waals surface area contributed by atoms with Crippen LogP contribution in [0.1, 0.15) is 15.9 Å². The van der Waals surface area contributed by atoms with Crippen molar-refractivity contribution in [2.45, 2.75) is 6.92 Å². The van der Waals surface area contributed by atoms with E-state index >= 15 is 0 Å². The molecule has 0 unspecified atom stereocenters. The predicted octanol–water partition coefficient (Wildman–Crippen LogP) is 3.73. The smallest absolute Gasteiger partial charge is 0.257 e. The number of rotatable bonds is 4. The van der Waals surface area contributed by atoms with Crippen LogP contribution < -0.4 is 15.6 Å². The van der Waals surface area contributed by atoms with Crippen molar-refractivity contribution in [1.82, 2.24) is 4.98 Å². The molecule has 0 spiro atoms. The van der Waals surface area contributed by atoms with Crippen LogP contribution in [-0.2, 0) is 0 Å². The maximum Gasteiger partial charge on any atom is 0.257 e. The van der Waals surface area contributed by atoms with Crippen LogP contribution in [0, 0.1) is 6.92 Å². The topological polar surface area (TPSA) is 71.2 Å². The predicted molar refractivity (Wildman–Crippen MR) is 92.7 cm³/mol. The molecule has 2 N–H and O–H groups in total. The largest absolute Gasteiger partial charge is 0.455 e. The molecule has 0 radical (unpaired) electrons. The number of aromatic amines is 1. The van der Waals surface area contributed by atoms with E-state index in [0.717, 1.165) is 5.56 Å². The van der Waals surface area contributed by atoms with E-state index in [9.17, 15) is 9.59 Å². The quantitative estimate of drug-likeness (QED) is 0.769. The molecule has 0 aliphatic carbocycles. The maximum absolute atomic E-state index is 12.3. The molecule has 5 nitrogen and oxygen atoms in total. The zero-order chi connectivity index (χ0) is 16.9. The maximum atomic E-state index is 12.3. The van der Waals surface area contributed by atoms with E-state index in [4.69, 9.17) is 4.74 Å². The lowest BCUT2D eigenvalue weighted by Gasteiger charge is -2.12. The Hall–Kier alpha value is -3.34. The van der Waals surface area contributed by atoms with Gasteiger partial charge in [0.2, 0.25) is 5.56 Å². The zero-order valence-electron chi connectivity index (χ0n) is 13.1. The summed E-state index contributed by atoms with van der Waals surface area (Å²) in [5.74, 6) is 0.910. The molecular weight excluding hydrogens is 304 g/mol. The second-order valence-electron chi connectivity index (χ2n) is 5.31. The molecule has 0 bridgehead atoms. The van der Waals surface area contributed by atoms with Crippen LogP contribution in [0.15, 0.2) is 71.7 Å². The van der Waals surface area contributed by atoms with E-state index < -0.39 is 0 Å². The summed E-state index contributed by atoms with van der Waals surface area (Å²) in [6, 6.07) is 17.6. The molecule has 2 aromatic carbocycles. The van der Waals surface area contributed by atoms with Crippen LogP contribution in [-0.4, -0.2) is 10.9 Å². The lowest BCUT2D eigenvalue weighted by molar-refractivity contribution is 0.102. The average molecular weight is 320 g/mol. The van der Waals surface area contributed by atoms with Gasteiger partial charge in [0, 0.05) is 12.3 Å². The summed E-state index contributed by atoms with van der Waals surface area (Å²) >= 11 is 0. The Labute approximate surface area is 138 Å². The lowest BCUT2D eigenvalue weighted by Crippen LogP contribution is -2.15. The number of H-pyrrole nitrogens is 1. The van der Waals surface area contributed by atoms with Gasteiger partial charge in [0.25, 0.3) is 5.91 Å². The highest BCUT2D eigenvalue weighted by atomic mass is 16.5. The van der Waals surface area contributed by atoms with E-state index in [1.807, 2.05) is 43.3 Å². The van der Waals surface area contributed by atoms with E-state index in [1.165, 1.54) is 18.3 Å². The molecule has 0 aliphatic heterocycles. The van der Waals surface area contributed by atoms with Crippen molar-refractivity contribution < 1.29 is 9.53 Å². The Balaban J connectivity index is 1.82. The molecule has 3 rings (SSSR count). The number of ether oxygens (including phenoxy) is 1. The van der Waals surface area contributed by atoms with Gasteiger partial charge in [0.1, 0.15) is 5.75 Å². The SMILES string of the molecule is Cc1cccc(Oc2ccccc2NC(=O)c2ccc(=O)[nH]c2)c1. The van der Waals surface area contributed by atoms with Gasteiger partial charge in [0.05, 0.1) is 11.3 Å². The Bertz CT molecular complexity index is 911. The summed E-state index contributed by atoms with van der Waals surface area (Å²) in [5.41, 5.74) is 1.74. The van der Waals surface area contributed by atoms with Crippen molar-refractivity contribution in [3.8, 4) is 11.5 Å². The highest BCUT2D eigenvalue weighted by Crippen LogP contribution is 2.29. The van der Waals surface area contributed by atoms with E-state index in [-0.39, 0.29) is 11.5 Å². The van der Waals surface area contributed by atoms with Crippen LogP contribution in [0.5, 0.6) is 11.5 Å². The molecule has 0 saturated carbocycles. The van der Waals surface area contributed by atoms with Gasteiger partial charge in [-0.2, -0.15) is 0 Å². The number of carbonyl (C=O) groups is 1. The third kappa shape index (κ3) is 3.70. The summed E-state index contributed by atoms with van der Waals surface area (Å²) in [6.07, 6.45) is 1.38. The molecule has 1 heterocycles. The molecule has 120 valence electrons. The van der Waals surface area contributed by atoms with Gasteiger partial charge >= 0.3 is 0 Å². The van der Waals surface area contributed by atoms with Crippen LogP contribution in [0.3, 0.4) is 0 Å². The number of hydrogen-bond acceptors (Lipinski definition) is 3. The van der Waals surface area contributed by atoms with Crippen LogP contribution in [0.2, 0.25) is 0 Å². The van der Waals surface area contributed by atoms with E-state index in [2.05, 4.69) is 10.3 Å². The van der Waals surface area contributed by atoms with Gasteiger partial charge in [-0.15, -0.1) is 0 Å². The Morgan fingerprint density at radius 2 is 1.88 bits per heavy atom. The third-order valence-corrected chi connectivity index (χ3v) is 3.40.